The highest BCUT2D eigenvalue weighted by Gasteiger charge is 2.28. The van der Waals surface area contributed by atoms with Crippen molar-refractivity contribution < 1.29 is 17.9 Å². The summed E-state index contributed by atoms with van der Waals surface area (Å²) in [5.41, 5.74) is 6.04. The van der Waals surface area contributed by atoms with E-state index in [1.165, 1.54) is 12.4 Å². The third-order valence-electron chi connectivity index (χ3n) is 1.48. The van der Waals surface area contributed by atoms with E-state index in [2.05, 4.69) is 14.7 Å². The Morgan fingerprint density at radius 1 is 1.27 bits per heavy atom. The Hall–Kier alpha value is -1.37. The standard InChI is InChI=1S/C8H10F3N3O/c9-8(10,11)5-15-7-13-3-6(1-2-12)4-14-7/h3-4H,1-2,5,12H2. The van der Waals surface area contributed by atoms with E-state index in [-0.39, 0.29) is 6.01 Å². The largest absolute Gasteiger partial charge is 0.454 e. The predicted octanol–water partition coefficient (Wildman–Crippen LogP) is 0.919. The Kier molecular flexibility index (Phi) is 3.84. The highest BCUT2D eigenvalue weighted by molar-refractivity contribution is 5.07. The molecule has 0 atom stereocenters. The number of nitrogens with zero attached hydrogens (tertiary/aromatic N) is 2. The quantitative estimate of drug-likeness (QED) is 0.821. The van der Waals surface area contributed by atoms with Gasteiger partial charge in [-0.05, 0) is 18.5 Å². The molecule has 2 N–H and O–H groups in total. The fourth-order valence-electron chi connectivity index (χ4n) is 0.860. The number of halogens is 3. The maximum atomic E-state index is 11.7. The molecule has 0 unspecified atom stereocenters. The van der Waals surface area contributed by atoms with Gasteiger partial charge in [-0.1, -0.05) is 0 Å². The molecular formula is C8H10F3N3O. The molecule has 0 aliphatic rings. The lowest BCUT2D eigenvalue weighted by Gasteiger charge is -2.07. The summed E-state index contributed by atoms with van der Waals surface area (Å²) in [5.74, 6) is 0. The Morgan fingerprint density at radius 3 is 2.33 bits per heavy atom. The van der Waals surface area contributed by atoms with E-state index in [0.717, 1.165) is 5.56 Å². The molecule has 0 aromatic carbocycles. The molecule has 15 heavy (non-hydrogen) atoms. The van der Waals surface area contributed by atoms with Crippen molar-refractivity contribution in [2.24, 2.45) is 5.73 Å². The van der Waals surface area contributed by atoms with Gasteiger partial charge in [0.2, 0.25) is 0 Å². The second-order valence-corrected chi connectivity index (χ2v) is 2.82. The first-order valence-electron chi connectivity index (χ1n) is 4.22. The molecule has 1 rings (SSSR count). The van der Waals surface area contributed by atoms with Gasteiger partial charge in [-0.3, -0.25) is 0 Å². The van der Waals surface area contributed by atoms with Crippen LogP contribution in [0.2, 0.25) is 0 Å². The van der Waals surface area contributed by atoms with Crippen LogP contribution in [0, 0.1) is 0 Å². The van der Waals surface area contributed by atoms with Crippen LogP contribution < -0.4 is 10.5 Å². The minimum absolute atomic E-state index is 0.284. The van der Waals surface area contributed by atoms with Gasteiger partial charge in [-0.2, -0.15) is 13.2 Å². The maximum absolute atomic E-state index is 11.7. The van der Waals surface area contributed by atoms with Crippen LogP contribution in [-0.2, 0) is 6.42 Å². The lowest BCUT2D eigenvalue weighted by atomic mass is 10.2. The van der Waals surface area contributed by atoms with Crippen LogP contribution in [0.4, 0.5) is 13.2 Å². The van der Waals surface area contributed by atoms with Gasteiger partial charge in [0.15, 0.2) is 6.61 Å². The summed E-state index contributed by atoms with van der Waals surface area (Å²) < 4.78 is 39.6. The number of ether oxygens (including phenoxy) is 1. The van der Waals surface area contributed by atoms with Gasteiger partial charge in [0, 0.05) is 12.4 Å². The summed E-state index contributed by atoms with van der Waals surface area (Å²) in [6, 6.07) is -0.284. The van der Waals surface area contributed by atoms with E-state index in [1.807, 2.05) is 0 Å². The van der Waals surface area contributed by atoms with Gasteiger partial charge >= 0.3 is 12.2 Å². The average Bonchev–Trinajstić information content (AvgIpc) is 2.16. The van der Waals surface area contributed by atoms with Crippen LogP contribution in [-0.4, -0.2) is 29.3 Å². The van der Waals surface area contributed by atoms with Crippen LogP contribution in [0.5, 0.6) is 6.01 Å². The van der Waals surface area contributed by atoms with Crippen LogP contribution in [0.25, 0.3) is 0 Å². The van der Waals surface area contributed by atoms with Crippen molar-refractivity contribution in [1.82, 2.24) is 9.97 Å². The molecular weight excluding hydrogens is 211 g/mol. The van der Waals surface area contributed by atoms with Gasteiger partial charge in [0.25, 0.3) is 0 Å². The fraction of sp³-hybridized carbons (Fsp3) is 0.500. The molecule has 0 saturated heterocycles. The summed E-state index contributed by atoms with van der Waals surface area (Å²) in [5, 5.41) is 0. The molecule has 1 heterocycles. The van der Waals surface area contributed by atoms with E-state index >= 15 is 0 Å². The second kappa shape index (κ2) is 4.92. The molecule has 0 spiro atoms. The topological polar surface area (TPSA) is 61.0 Å². The second-order valence-electron chi connectivity index (χ2n) is 2.82. The van der Waals surface area contributed by atoms with E-state index in [9.17, 15) is 13.2 Å². The molecule has 7 heteroatoms. The molecule has 1 aromatic rings. The first kappa shape index (κ1) is 11.7. The Morgan fingerprint density at radius 2 is 1.87 bits per heavy atom. The molecule has 0 saturated carbocycles. The number of nitrogens with two attached hydrogens (primary N) is 1. The number of rotatable bonds is 4. The highest BCUT2D eigenvalue weighted by atomic mass is 19.4. The minimum atomic E-state index is -4.38. The van der Waals surface area contributed by atoms with E-state index in [0.29, 0.717) is 13.0 Å². The molecule has 0 aliphatic heterocycles. The predicted molar refractivity (Wildman–Crippen MR) is 46.3 cm³/mol. The van der Waals surface area contributed by atoms with Gasteiger partial charge < -0.3 is 10.5 Å². The molecule has 4 nitrogen and oxygen atoms in total. The van der Waals surface area contributed by atoms with Gasteiger partial charge in [0.1, 0.15) is 0 Å². The molecule has 0 aliphatic carbocycles. The van der Waals surface area contributed by atoms with Gasteiger partial charge in [0.05, 0.1) is 0 Å². The van der Waals surface area contributed by atoms with Crippen molar-refractivity contribution in [1.29, 1.82) is 0 Å². The first-order valence-corrected chi connectivity index (χ1v) is 4.22. The summed E-state index contributed by atoms with van der Waals surface area (Å²) in [6.07, 6.45) is -1.00. The van der Waals surface area contributed by atoms with Gasteiger partial charge in [-0.25, -0.2) is 9.97 Å². The van der Waals surface area contributed by atoms with Crippen molar-refractivity contribution in [2.75, 3.05) is 13.2 Å². The maximum Gasteiger partial charge on any atom is 0.422 e. The lowest BCUT2D eigenvalue weighted by molar-refractivity contribution is -0.154. The molecule has 0 amide bonds. The van der Waals surface area contributed by atoms with Crippen LogP contribution in [0.15, 0.2) is 12.4 Å². The molecule has 0 radical (unpaired) electrons. The number of hydrogen-bond donors (Lipinski definition) is 1. The van der Waals surface area contributed by atoms with Crippen molar-refractivity contribution in [3.63, 3.8) is 0 Å². The summed E-state index contributed by atoms with van der Waals surface area (Å²) >= 11 is 0. The van der Waals surface area contributed by atoms with E-state index in [4.69, 9.17) is 5.73 Å². The zero-order valence-corrected chi connectivity index (χ0v) is 7.79. The molecule has 0 fully saturated rings. The third kappa shape index (κ3) is 4.59. The summed E-state index contributed by atoms with van der Waals surface area (Å²) in [6.45, 7) is -0.949. The van der Waals surface area contributed by atoms with E-state index < -0.39 is 12.8 Å². The SMILES string of the molecule is NCCc1cnc(OCC(F)(F)F)nc1. The lowest BCUT2D eigenvalue weighted by Crippen LogP contribution is -2.20. The fourth-order valence-corrected chi connectivity index (χ4v) is 0.860. The van der Waals surface area contributed by atoms with Crippen LogP contribution in [0.3, 0.4) is 0 Å². The first-order chi connectivity index (χ1) is 7.01. The zero-order chi connectivity index (χ0) is 11.3. The Balaban J connectivity index is 2.50. The molecule has 1 aromatic heterocycles. The molecule has 0 bridgehead atoms. The highest BCUT2D eigenvalue weighted by Crippen LogP contribution is 2.15. The third-order valence-corrected chi connectivity index (χ3v) is 1.48. The van der Waals surface area contributed by atoms with E-state index in [1.54, 1.807) is 0 Å². The molecule has 84 valence electrons. The summed E-state index contributed by atoms with van der Waals surface area (Å²) in [7, 11) is 0. The van der Waals surface area contributed by atoms with Crippen molar-refractivity contribution >= 4 is 0 Å². The van der Waals surface area contributed by atoms with Crippen molar-refractivity contribution in [3.05, 3.63) is 18.0 Å². The minimum Gasteiger partial charge on any atom is -0.454 e. The number of alkyl halides is 3. The Bertz CT molecular complexity index is 299. The average molecular weight is 221 g/mol. The van der Waals surface area contributed by atoms with Crippen molar-refractivity contribution in [2.45, 2.75) is 12.6 Å². The normalized spacial score (nSPS) is 11.5. The van der Waals surface area contributed by atoms with Crippen LogP contribution >= 0.6 is 0 Å². The summed E-state index contributed by atoms with van der Waals surface area (Å²) in [4.78, 5) is 7.22. The monoisotopic (exact) mass is 221 g/mol. The smallest absolute Gasteiger partial charge is 0.422 e. The van der Waals surface area contributed by atoms with Crippen LogP contribution in [0.1, 0.15) is 5.56 Å². The zero-order valence-electron chi connectivity index (χ0n) is 7.79. The number of hydrogen-bond acceptors (Lipinski definition) is 4. The number of aromatic nitrogens is 2. The van der Waals surface area contributed by atoms with Crippen molar-refractivity contribution in [3.8, 4) is 6.01 Å². The van der Waals surface area contributed by atoms with Gasteiger partial charge in [-0.15, -0.1) is 0 Å². The Labute approximate surface area is 84.3 Å².